The molecule has 2 aromatic heterocycles. The minimum atomic E-state index is -3.27. The lowest BCUT2D eigenvalue weighted by Gasteiger charge is -2.30. The molecular formula is C19H22N4O3S2. The van der Waals surface area contributed by atoms with E-state index in [9.17, 15) is 13.2 Å². The van der Waals surface area contributed by atoms with Crippen LogP contribution in [-0.2, 0) is 16.6 Å². The SMILES string of the molecule is CS(=O)(=O)N1CCCC(c2nn(Cc3ccccc3)c(=O)n2-c2cccs2)C1. The summed E-state index contributed by atoms with van der Waals surface area (Å²) >= 11 is 1.47. The Hall–Kier alpha value is -2.23. The first-order valence-electron chi connectivity index (χ1n) is 9.16. The fourth-order valence-electron chi connectivity index (χ4n) is 3.61. The van der Waals surface area contributed by atoms with Gasteiger partial charge in [-0.3, -0.25) is 0 Å². The van der Waals surface area contributed by atoms with Crippen molar-refractivity contribution in [1.82, 2.24) is 18.7 Å². The number of nitrogens with zero attached hydrogens (tertiary/aromatic N) is 4. The second-order valence-corrected chi connectivity index (χ2v) is 9.94. The Morgan fingerprint density at radius 1 is 1.18 bits per heavy atom. The van der Waals surface area contributed by atoms with E-state index in [1.165, 1.54) is 26.6 Å². The minimum Gasteiger partial charge on any atom is -0.246 e. The van der Waals surface area contributed by atoms with Crippen LogP contribution in [0.4, 0.5) is 0 Å². The monoisotopic (exact) mass is 418 g/mol. The van der Waals surface area contributed by atoms with Gasteiger partial charge in [-0.15, -0.1) is 11.3 Å². The first-order chi connectivity index (χ1) is 13.4. The van der Waals surface area contributed by atoms with E-state index in [-0.39, 0.29) is 11.6 Å². The van der Waals surface area contributed by atoms with Crippen LogP contribution in [0, 0.1) is 0 Å². The van der Waals surface area contributed by atoms with Crippen LogP contribution >= 0.6 is 11.3 Å². The molecule has 0 saturated carbocycles. The Labute approximate surface area is 167 Å². The van der Waals surface area contributed by atoms with E-state index in [1.54, 1.807) is 4.57 Å². The van der Waals surface area contributed by atoms with Crippen LogP contribution in [0.25, 0.3) is 5.00 Å². The van der Waals surface area contributed by atoms with E-state index in [0.29, 0.717) is 25.5 Å². The summed E-state index contributed by atoms with van der Waals surface area (Å²) in [6, 6.07) is 13.5. The largest absolute Gasteiger partial charge is 0.351 e. The van der Waals surface area contributed by atoms with Crippen LogP contribution in [0.15, 0.2) is 52.6 Å². The lowest BCUT2D eigenvalue weighted by molar-refractivity contribution is 0.308. The summed E-state index contributed by atoms with van der Waals surface area (Å²) in [7, 11) is -3.27. The Bertz CT molecular complexity index is 1100. The standard InChI is InChI=1S/C19H22N4O3S2/c1-28(25,26)21-11-5-9-16(14-21)18-20-22(13-15-7-3-2-4-8-15)19(24)23(18)17-10-6-12-27-17/h2-4,6-8,10,12,16H,5,9,11,13-14H2,1H3. The Morgan fingerprint density at radius 3 is 2.64 bits per heavy atom. The maximum absolute atomic E-state index is 13.2. The van der Waals surface area contributed by atoms with Gasteiger partial charge in [0.1, 0.15) is 10.8 Å². The molecule has 0 spiro atoms. The fourth-order valence-corrected chi connectivity index (χ4v) is 5.25. The molecule has 0 bridgehead atoms. The number of aromatic nitrogens is 3. The molecule has 9 heteroatoms. The lowest BCUT2D eigenvalue weighted by Crippen LogP contribution is -2.39. The van der Waals surface area contributed by atoms with Gasteiger partial charge >= 0.3 is 5.69 Å². The number of hydrogen-bond donors (Lipinski definition) is 0. The van der Waals surface area contributed by atoms with Crippen molar-refractivity contribution in [3.63, 3.8) is 0 Å². The van der Waals surface area contributed by atoms with Crippen LogP contribution in [-0.4, -0.2) is 46.4 Å². The van der Waals surface area contributed by atoms with Gasteiger partial charge in [-0.25, -0.2) is 26.8 Å². The van der Waals surface area contributed by atoms with Gasteiger partial charge in [0.25, 0.3) is 0 Å². The predicted molar refractivity (Wildman–Crippen MR) is 110 cm³/mol. The molecule has 1 atom stereocenters. The number of sulfonamides is 1. The van der Waals surface area contributed by atoms with Crippen molar-refractivity contribution in [2.24, 2.45) is 0 Å². The molecule has 1 aliphatic heterocycles. The Balaban J connectivity index is 1.75. The van der Waals surface area contributed by atoms with Crippen LogP contribution in [0.1, 0.15) is 30.1 Å². The van der Waals surface area contributed by atoms with Gasteiger partial charge in [0, 0.05) is 19.0 Å². The topological polar surface area (TPSA) is 77.2 Å². The van der Waals surface area contributed by atoms with Gasteiger partial charge in [0.15, 0.2) is 0 Å². The second-order valence-electron chi connectivity index (χ2n) is 7.03. The van der Waals surface area contributed by atoms with Gasteiger partial charge in [0.05, 0.1) is 12.8 Å². The average Bonchev–Trinajstić information content (AvgIpc) is 3.31. The third kappa shape index (κ3) is 3.82. The minimum absolute atomic E-state index is 0.115. The zero-order chi connectivity index (χ0) is 19.7. The molecule has 1 fully saturated rings. The summed E-state index contributed by atoms with van der Waals surface area (Å²) in [6.07, 6.45) is 2.79. The summed E-state index contributed by atoms with van der Waals surface area (Å²) < 4.78 is 28.7. The lowest BCUT2D eigenvalue weighted by atomic mass is 9.99. The van der Waals surface area contributed by atoms with Crippen molar-refractivity contribution in [3.05, 3.63) is 69.7 Å². The first kappa shape index (κ1) is 19.1. The maximum atomic E-state index is 13.2. The summed E-state index contributed by atoms with van der Waals surface area (Å²) in [4.78, 5) is 13.2. The van der Waals surface area contributed by atoms with Crippen LogP contribution in [0.5, 0.6) is 0 Å². The smallest absolute Gasteiger partial charge is 0.246 e. The quantitative estimate of drug-likeness (QED) is 0.637. The molecule has 1 saturated heterocycles. The van der Waals surface area contributed by atoms with Gasteiger partial charge < -0.3 is 0 Å². The summed E-state index contributed by atoms with van der Waals surface area (Å²) in [5.74, 6) is 0.520. The number of hydrogen-bond acceptors (Lipinski definition) is 5. The average molecular weight is 419 g/mol. The molecule has 4 rings (SSSR count). The van der Waals surface area contributed by atoms with Crippen molar-refractivity contribution >= 4 is 21.4 Å². The van der Waals surface area contributed by atoms with Gasteiger partial charge in [-0.1, -0.05) is 30.3 Å². The highest BCUT2D eigenvalue weighted by molar-refractivity contribution is 7.88. The Morgan fingerprint density at radius 2 is 1.96 bits per heavy atom. The van der Waals surface area contributed by atoms with Crippen LogP contribution < -0.4 is 5.69 Å². The van der Waals surface area contributed by atoms with E-state index in [4.69, 9.17) is 0 Å². The highest BCUT2D eigenvalue weighted by Crippen LogP contribution is 2.28. The third-order valence-electron chi connectivity index (χ3n) is 4.98. The van der Waals surface area contributed by atoms with E-state index in [1.807, 2.05) is 47.8 Å². The number of rotatable bonds is 5. The maximum Gasteiger partial charge on any atom is 0.351 e. The van der Waals surface area contributed by atoms with E-state index < -0.39 is 10.0 Å². The zero-order valence-corrected chi connectivity index (χ0v) is 17.2. The molecule has 0 N–H and O–H groups in total. The zero-order valence-electron chi connectivity index (χ0n) is 15.6. The van der Waals surface area contributed by atoms with Gasteiger partial charge in [-0.2, -0.15) is 5.10 Å². The molecule has 148 valence electrons. The normalized spacial score (nSPS) is 18.4. The van der Waals surface area contributed by atoms with Crippen LogP contribution in [0.3, 0.4) is 0 Å². The van der Waals surface area contributed by atoms with E-state index in [0.717, 1.165) is 23.4 Å². The number of benzene rings is 1. The molecule has 7 nitrogen and oxygen atoms in total. The summed E-state index contributed by atoms with van der Waals surface area (Å²) in [6.45, 7) is 1.25. The molecule has 1 aliphatic rings. The fraction of sp³-hybridized carbons (Fsp3) is 0.368. The van der Waals surface area contributed by atoms with Gasteiger partial charge in [-0.05, 0) is 35.9 Å². The highest BCUT2D eigenvalue weighted by atomic mass is 32.2. The van der Waals surface area contributed by atoms with Crippen molar-refractivity contribution in [3.8, 4) is 5.00 Å². The van der Waals surface area contributed by atoms with Crippen molar-refractivity contribution in [2.75, 3.05) is 19.3 Å². The second kappa shape index (κ2) is 7.65. The predicted octanol–water partition coefficient (Wildman–Crippen LogP) is 2.28. The number of piperidine rings is 1. The van der Waals surface area contributed by atoms with E-state index >= 15 is 0 Å². The molecule has 1 unspecified atom stereocenters. The molecule has 3 aromatic rings. The molecule has 1 aromatic carbocycles. The number of thiophene rings is 1. The molecule has 0 aliphatic carbocycles. The molecule has 0 radical (unpaired) electrons. The summed E-state index contributed by atoms with van der Waals surface area (Å²) in [5.41, 5.74) is 0.797. The van der Waals surface area contributed by atoms with E-state index in [2.05, 4.69) is 5.10 Å². The van der Waals surface area contributed by atoms with Crippen molar-refractivity contribution in [2.45, 2.75) is 25.3 Å². The van der Waals surface area contributed by atoms with Gasteiger partial charge in [0.2, 0.25) is 10.0 Å². The molecule has 0 amide bonds. The Kier molecular flexibility index (Phi) is 5.22. The van der Waals surface area contributed by atoms with Crippen molar-refractivity contribution in [1.29, 1.82) is 0 Å². The van der Waals surface area contributed by atoms with Crippen LogP contribution in [0.2, 0.25) is 0 Å². The highest BCUT2D eigenvalue weighted by Gasteiger charge is 2.31. The third-order valence-corrected chi connectivity index (χ3v) is 7.11. The molecule has 3 heterocycles. The molecule has 28 heavy (non-hydrogen) atoms. The first-order valence-corrected chi connectivity index (χ1v) is 11.9. The molecular weight excluding hydrogens is 396 g/mol. The summed E-state index contributed by atoms with van der Waals surface area (Å²) in [5, 5.41) is 7.38. The van der Waals surface area contributed by atoms with Crippen molar-refractivity contribution < 1.29 is 8.42 Å².